The number of hydrogen-bond acceptors (Lipinski definition) is 4. The summed E-state index contributed by atoms with van der Waals surface area (Å²) in [4.78, 5) is 7.72. The van der Waals surface area contributed by atoms with Crippen molar-refractivity contribution in [2.24, 2.45) is 0 Å². The van der Waals surface area contributed by atoms with Crippen LogP contribution in [0.5, 0.6) is 0 Å². The molecule has 2 aromatic rings. The smallest absolute Gasteiger partial charge is 0.221 e. The fraction of sp³-hybridized carbons (Fsp3) is 0.0909. The number of benzene rings is 1. The quantitative estimate of drug-likeness (QED) is 0.811. The number of hydrogen-bond donors (Lipinski definition) is 2. The summed E-state index contributed by atoms with van der Waals surface area (Å²) in [6.45, 7) is 1.71. The van der Waals surface area contributed by atoms with Crippen LogP contribution >= 0.6 is 0 Å². The molecule has 0 amide bonds. The number of nitrogens with two attached hydrogens (primary N) is 1. The van der Waals surface area contributed by atoms with E-state index in [-0.39, 0.29) is 11.8 Å². The van der Waals surface area contributed by atoms with Gasteiger partial charge in [-0.1, -0.05) is 6.07 Å². The van der Waals surface area contributed by atoms with Gasteiger partial charge >= 0.3 is 0 Å². The summed E-state index contributed by atoms with van der Waals surface area (Å²) in [6, 6.07) is 6.54. The number of nitrogen functional groups attached to an aromatic ring is 1. The van der Waals surface area contributed by atoms with Gasteiger partial charge in [0.1, 0.15) is 11.6 Å². The average Bonchev–Trinajstić information content (AvgIpc) is 2.24. The molecule has 0 unspecified atom stereocenters. The molecule has 1 heterocycles. The van der Waals surface area contributed by atoms with E-state index in [1.807, 2.05) is 0 Å². The monoisotopic (exact) mass is 218 g/mol. The molecule has 0 aliphatic heterocycles. The SMILES string of the molecule is Cc1ccc(Nc2ccnc(N)n2)cc1F. The van der Waals surface area contributed by atoms with E-state index >= 15 is 0 Å². The third-order valence-corrected chi connectivity index (χ3v) is 2.12. The molecular weight excluding hydrogens is 207 g/mol. The van der Waals surface area contributed by atoms with E-state index in [0.29, 0.717) is 17.1 Å². The molecule has 82 valence electrons. The Morgan fingerprint density at radius 1 is 1.31 bits per heavy atom. The lowest BCUT2D eigenvalue weighted by Crippen LogP contribution is -1.99. The van der Waals surface area contributed by atoms with Crippen molar-refractivity contribution in [1.82, 2.24) is 9.97 Å². The maximum atomic E-state index is 13.3. The summed E-state index contributed by atoms with van der Waals surface area (Å²) >= 11 is 0. The lowest BCUT2D eigenvalue weighted by Gasteiger charge is -2.06. The summed E-state index contributed by atoms with van der Waals surface area (Å²) in [5.74, 6) is 0.459. The van der Waals surface area contributed by atoms with Crippen molar-refractivity contribution < 1.29 is 4.39 Å². The molecule has 2 rings (SSSR count). The van der Waals surface area contributed by atoms with Crippen molar-refractivity contribution >= 4 is 17.5 Å². The van der Waals surface area contributed by atoms with Crippen LogP contribution in [0, 0.1) is 12.7 Å². The zero-order valence-electron chi connectivity index (χ0n) is 8.74. The molecule has 0 radical (unpaired) electrons. The van der Waals surface area contributed by atoms with E-state index in [4.69, 9.17) is 5.73 Å². The first-order valence-electron chi connectivity index (χ1n) is 4.77. The van der Waals surface area contributed by atoms with Crippen LogP contribution in [0.2, 0.25) is 0 Å². The Labute approximate surface area is 92.3 Å². The first-order chi connectivity index (χ1) is 7.65. The van der Waals surface area contributed by atoms with Gasteiger partial charge in [0.05, 0.1) is 0 Å². The first kappa shape index (κ1) is 10.4. The molecule has 1 aromatic heterocycles. The summed E-state index contributed by atoms with van der Waals surface area (Å²) in [7, 11) is 0. The minimum Gasteiger partial charge on any atom is -0.368 e. The Morgan fingerprint density at radius 3 is 2.81 bits per heavy atom. The van der Waals surface area contributed by atoms with Crippen molar-refractivity contribution in [2.45, 2.75) is 6.92 Å². The van der Waals surface area contributed by atoms with Gasteiger partial charge < -0.3 is 11.1 Å². The molecule has 0 aliphatic carbocycles. The predicted octanol–water partition coefficient (Wildman–Crippen LogP) is 2.25. The van der Waals surface area contributed by atoms with E-state index in [2.05, 4.69) is 15.3 Å². The molecule has 0 fully saturated rings. The molecule has 0 bridgehead atoms. The third-order valence-electron chi connectivity index (χ3n) is 2.12. The molecule has 1 aromatic carbocycles. The standard InChI is InChI=1S/C11H11FN4/c1-7-2-3-8(6-9(7)12)15-10-4-5-14-11(13)16-10/h2-6H,1H3,(H3,13,14,15,16). The van der Waals surface area contributed by atoms with Gasteiger partial charge in [0, 0.05) is 11.9 Å². The number of nitrogens with zero attached hydrogens (tertiary/aromatic N) is 2. The molecule has 3 N–H and O–H groups in total. The maximum absolute atomic E-state index is 13.3. The van der Waals surface area contributed by atoms with E-state index in [0.717, 1.165) is 0 Å². The second-order valence-electron chi connectivity index (χ2n) is 3.39. The van der Waals surface area contributed by atoms with Crippen LogP contribution in [0.25, 0.3) is 0 Å². The highest BCUT2D eigenvalue weighted by atomic mass is 19.1. The van der Waals surface area contributed by atoms with Gasteiger partial charge in [-0.2, -0.15) is 4.98 Å². The number of aryl methyl sites for hydroxylation is 1. The summed E-state index contributed by atoms with van der Waals surface area (Å²) < 4.78 is 13.3. The minimum atomic E-state index is -0.257. The van der Waals surface area contributed by atoms with Crippen LogP contribution in [0.3, 0.4) is 0 Å². The number of rotatable bonds is 2. The van der Waals surface area contributed by atoms with E-state index in [1.165, 1.54) is 12.3 Å². The van der Waals surface area contributed by atoms with E-state index in [9.17, 15) is 4.39 Å². The maximum Gasteiger partial charge on any atom is 0.221 e. The lowest BCUT2D eigenvalue weighted by atomic mass is 10.2. The Morgan fingerprint density at radius 2 is 2.12 bits per heavy atom. The molecule has 16 heavy (non-hydrogen) atoms. The van der Waals surface area contributed by atoms with Gasteiger partial charge in [0.2, 0.25) is 5.95 Å². The van der Waals surface area contributed by atoms with Crippen LogP contribution in [-0.4, -0.2) is 9.97 Å². The molecule has 0 spiro atoms. The van der Waals surface area contributed by atoms with Crippen LogP contribution in [-0.2, 0) is 0 Å². The zero-order valence-corrected chi connectivity index (χ0v) is 8.74. The fourth-order valence-electron chi connectivity index (χ4n) is 1.26. The van der Waals surface area contributed by atoms with Gasteiger partial charge in [-0.25, -0.2) is 9.37 Å². The number of anilines is 3. The van der Waals surface area contributed by atoms with Crippen molar-refractivity contribution in [2.75, 3.05) is 11.1 Å². The van der Waals surface area contributed by atoms with Crippen molar-refractivity contribution in [3.8, 4) is 0 Å². The summed E-state index contributed by atoms with van der Waals surface area (Å²) in [5, 5.41) is 2.94. The van der Waals surface area contributed by atoms with Gasteiger partial charge in [0.15, 0.2) is 0 Å². The van der Waals surface area contributed by atoms with Crippen LogP contribution in [0.1, 0.15) is 5.56 Å². The highest BCUT2D eigenvalue weighted by Gasteiger charge is 2.01. The topological polar surface area (TPSA) is 63.8 Å². The largest absolute Gasteiger partial charge is 0.368 e. The van der Waals surface area contributed by atoms with E-state index in [1.54, 1.807) is 25.1 Å². The first-order valence-corrected chi connectivity index (χ1v) is 4.77. The number of nitrogens with one attached hydrogen (secondary N) is 1. The van der Waals surface area contributed by atoms with Gasteiger partial charge in [-0.3, -0.25) is 0 Å². The van der Waals surface area contributed by atoms with Crippen LogP contribution in [0.4, 0.5) is 21.8 Å². The molecule has 0 saturated carbocycles. The number of halogens is 1. The highest BCUT2D eigenvalue weighted by Crippen LogP contribution is 2.17. The van der Waals surface area contributed by atoms with Gasteiger partial charge in [-0.15, -0.1) is 0 Å². The van der Waals surface area contributed by atoms with E-state index < -0.39 is 0 Å². The van der Waals surface area contributed by atoms with Crippen molar-refractivity contribution in [3.63, 3.8) is 0 Å². The average molecular weight is 218 g/mol. The second kappa shape index (κ2) is 4.14. The van der Waals surface area contributed by atoms with Gasteiger partial charge in [0.25, 0.3) is 0 Å². The van der Waals surface area contributed by atoms with Crippen molar-refractivity contribution in [3.05, 3.63) is 41.8 Å². The predicted molar refractivity (Wildman–Crippen MR) is 60.9 cm³/mol. The summed E-state index contributed by atoms with van der Waals surface area (Å²) in [6.07, 6.45) is 1.54. The summed E-state index contributed by atoms with van der Waals surface area (Å²) in [5.41, 5.74) is 6.66. The Hall–Kier alpha value is -2.17. The van der Waals surface area contributed by atoms with Crippen LogP contribution < -0.4 is 11.1 Å². The molecule has 0 saturated heterocycles. The Balaban J connectivity index is 2.24. The molecule has 0 atom stereocenters. The second-order valence-corrected chi connectivity index (χ2v) is 3.39. The molecule has 0 aliphatic rings. The van der Waals surface area contributed by atoms with Crippen LogP contribution in [0.15, 0.2) is 30.5 Å². The van der Waals surface area contributed by atoms with Gasteiger partial charge in [-0.05, 0) is 30.7 Å². The Bertz CT molecular complexity index is 513. The number of aromatic nitrogens is 2. The third kappa shape index (κ3) is 2.25. The van der Waals surface area contributed by atoms with Crippen molar-refractivity contribution in [1.29, 1.82) is 0 Å². The Kier molecular flexibility index (Phi) is 2.68. The normalized spacial score (nSPS) is 10.1. The molecule has 5 heteroatoms. The lowest BCUT2D eigenvalue weighted by molar-refractivity contribution is 0.619. The molecule has 4 nitrogen and oxygen atoms in total. The molecular formula is C11H11FN4. The minimum absolute atomic E-state index is 0.178. The fourth-order valence-corrected chi connectivity index (χ4v) is 1.26. The zero-order chi connectivity index (χ0) is 11.5. The highest BCUT2D eigenvalue weighted by molar-refractivity contribution is 5.57.